The van der Waals surface area contributed by atoms with Crippen molar-refractivity contribution < 1.29 is 14.3 Å². The van der Waals surface area contributed by atoms with E-state index in [0.717, 1.165) is 47.3 Å². The highest BCUT2D eigenvalue weighted by molar-refractivity contribution is 9.10. The predicted octanol–water partition coefficient (Wildman–Crippen LogP) is 4.47. The van der Waals surface area contributed by atoms with E-state index in [1.165, 1.54) is 0 Å². The number of rotatable bonds is 13. The van der Waals surface area contributed by atoms with Crippen LogP contribution in [0.25, 0.3) is 0 Å². The highest BCUT2D eigenvalue weighted by Crippen LogP contribution is 2.33. The van der Waals surface area contributed by atoms with Gasteiger partial charge in [-0.1, -0.05) is 32.8 Å². The lowest BCUT2D eigenvalue weighted by molar-refractivity contribution is -0.141. The van der Waals surface area contributed by atoms with Crippen LogP contribution in [-0.2, 0) is 29.4 Å². The quantitative estimate of drug-likeness (QED) is 0.296. The number of hydrogen-bond acceptors (Lipinski definition) is 7. The Labute approximate surface area is 208 Å². The lowest BCUT2D eigenvalue weighted by Crippen LogP contribution is -2.38. The monoisotopic (exact) mass is 539 g/mol. The minimum Gasteiger partial charge on any atom is -0.478 e. The summed E-state index contributed by atoms with van der Waals surface area (Å²) in [6.07, 6.45) is 5.77. The van der Waals surface area contributed by atoms with Crippen LogP contribution in [0.5, 0.6) is 5.88 Å². The van der Waals surface area contributed by atoms with E-state index in [2.05, 4.69) is 26.0 Å². The molecule has 0 bridgehead atoms. The van der Waals surface area contributed by atoms with Crippen LogP contribution in [0.1, 0.15) is 50.8 Å². The highest BCUT2D eigenvalue weighted by Gasteiger charge is 2.37. The molecule has 2 N–H and O–H groups in total. The van der Waals surface area contributed by atoms with Gasteiger partial charge >= 0.3 is 0 Å². The fraction of sp³-hybridized carbons (Fsp3) is 0.609. The second kappa shape index (κ2) is 12.1. The first-order valence-electron chi connectivity index (χ1n) is 11.3. The molecular formula is C23H34BrN5O3S. The third-order valence-corrected chi connectivity index (χ3v) is 6.80. The normalized spacial score (nSPS) is 13.4. The number of aromatic nitrogens is 3. The van der Waals surface area contributed by atoms with E-state index in [4.69, 9.17) is 15.2 Å². The van der Waals surface area contributed by atoms with Gasteiger partial charge < -0.3 is 20.1 Å². The first-order valence-corrected chi connectivity index (χ1v) is 13.5. The molecule has 2 aromatic rings. The Morgan fingerprint density at radius 3 is 2.82 bits per heavy atom. The van der Waals surface area contributed by atoms with Gasteiger partial charge in [0.05, 0.1) is 32.0 Å². The first kappa shape index (κ1) is 25.8. The molecule has 3 rings (SSSR count). The molecule has 0 aromatic carbocycles. The number of thioether (sulfide) groups is 1. The number of hydrogen-bond donors (Lipinski definition) is 1. The Hall–Kier alpha value is -1.78. The van der Waals surface area contributed by atoms with Crippen molar-refractivity contribution in [3.05, 3.63) is 34.1 Å². The summed E-state index contributed by atoms with van der Waals surface area (Å²) in [5, 5.41) is 4.40. The molecule has 10 heteroatoms. The lowest BCUT2D eigenvalue weighted by atomic mass is 9.85. The van der Waals surface area contributed by atoms with Crippen molar-refractivity contribution >= 4 is 39.4 Å². The number of fused-ring (bicyclic) bond motifs is 1. The van der Waals surface area contributed by atoms with E-state index in [1.807, 2.05) is 43.2 Å². The van der Waals surface area contributed by atoms with Gasteiger partial charge in [-0.3, -0.25) is 4.79 Å². The van der Waals surface area contributed by atoms with Crippen LogP contribution >= 0.6 is 27.7 Å². The Bertz CT molecular complexity index is 937. The predicted molar refractivity (Wildman–Crippen MR) is 135 cm³/mol. The van der Waals surface area contributed by atoms with E-state index in [-0.39, 0.29) is 5.91 Å². The summed E-state index contributed by atoms with van der Waals surface area (Å²) in [6.45, 7) is 6.75. The van der Waals surface area contributed by atoms with Crippen LogP contribution in [0.2, 0.25) is 0 Å². The second-order valence-electron chi connectivity index (χ2n) is 8.84. The first-order chi connectivity index (χ1) is 15.8. The molecular weight excluding hydrogens is 506 g/mol. The summed E-state index contributed by atoms with van der Waals surface area (Å²) in [7, 11) is 0. The molecule has 0 saturated heterocycles. The molecule has 8 nitrogen and oxygen atoms in total. The third-order valence-electron chi connectivity index (χ3n) is 5.78. The maximum absolute atomic E-state index is 13.3. The minimum absolute atomic E-state index is 0.155. The third kappa shape index (κ3) is 7.10. The average Bonchev–Trinajstić information content (AvgIpc) is 3.34. The van der Waals surface area contributed by atoms with Crippen LogP contribution in [0.15, 0.2) is 22.8 Å². The number of unbranched alkanes of at least 4 members (excludes halogenated alkanes) is 2. The molecule has 0 saturated carbocycles. The van der Waals surface area contributed by atoms with Gasteiger partial charge in [-0.15, -0.1) is 0 Å². The fourth-order valence-electron chi connectivity index (χ4n) is 3.90. The minimum atomic E-state index is -0.432. The van der Waals surface area contributed by atoms with Crippen molar-refractivity contribution in [2.45, 2.75) is 59.4 Å². The number of pyridine rings is 1. The maximum Gasteiger partial charge on any atom is 0.228 e. The fourth-order valence-corrected chi connectivity index (χ4v) is 4.51. The van der Waals surface area contributed by atoms with Gasteiger partial charge in [0.2, 0.25) is 11.8 Å². The average molecular weight is 541 g/mol. The summed E-state index contributed by atoms with van der Waals surface area (Å²) in [5.74, 6) is 2.21. The van der Waals surface area contributed by atoms with Crippen molar-refractivity contribution in [3.63, 3.8) is 0 Å². The zero-order valence-corrected chi connectivity index (χ0v) is 22.1. The van der Waals surface area contributed by atoms with Gasteiger partial charge in [0.1, 0.15) is 11.3 Å². The van der Waals surface area contributed by atoms with Crippen molar-refractivity contribution in [3.8, 4) is 5.88 Å². The van der Waals surface area contributed by atoms with E-state index in [1.54, 1.807) is 16.4 Å². The van der Waals surface area contributed by atoms with Crippen molar-refractivity contribution in [1.29, 1.82) is 0 Å². The molecule has 1 amide bonds. The molecule has 0 unspecified atom stereocenters. The van der Waals surface area contributed by atoms with Crippen LogP contribution < -0.4 is 10.5 Å². The maximum atomic E-state index is 13.3. The number of amides is 1. The smallest absolute Gasteiger partial charge is 0.228 e. The molecule has 0 radical (unpaired) electrons. The summed E-state index contributed by atoms with van der Waals surface area (Å²) < 4.78 is 13.9. The van der Waals surface area contributed by atoms with Gasteiger partial charge in [0.15, 0.2) is 5.82 Å². The number of halogens is 1. The molecule has 0 spiro atoms. The highest BCUT2D eigenvalue weighted by atomic mass is 79.9. The standard InChI is InChI=1S/C23H34BrN5O3S/c1-23(2,10-5-4-6-11-32-20-9-7-8-19(24)26-20)22(30)28-14-17-18(15-28)29(27-21(17)25)16-31-12-13-33-3/h7-9H,4-6,10-16H2,1-3H3,(H2,25,27). The van der Waals surface area contributed by atoms with Crippen LogP contribution in [-0.4, -0.2) is 50.8 Å². The van der Waals surface area contributed by atoms with E-state index < -0.39 is 5.41 Å². The molecule has 3 heterocycles. The number of carbonyl (C=O) groups is 1. The zero-order valence-electron chi connectivity index (χ0n) is 19.7. The number of ether oxygens (including phenoxy) is 2. The molecule has 33 heavy (non-hydrogen) atoms. The van der Waals surface area contributed by atoms with Gasteiger partial charge in [0, 0.05) is 22.8 Å². The van der Waals surface area contributed by atoms with E-state index >= 15 is 0 Å². The molecule has 1 aliphatic heterocycles. The molecule has 0 fully saturated rings. The number of nitrogens with zero attached hydrogens (tertiary/aromatic N) is 4. The summed E-state index contributed by atoms with van der Waals surface area (Å²) in [6, 6.07) is 5.62. The Morgan fingerprint density at radius 1 is 1.24 bits per heavy atom. The summed E-state index contributed by atoms with van der Waals surface area (Å²) >= 11 is 5.09. The zero-order chi connectivity index (χ0) is 23.8. The molecule has 182 valence electrons. The van der Waals surface area contributed by atoms with Crippen molar-refractivity contribution in [2.24, 2.45) is 5.41 Å². The number of anilines is 1. The van der Waals surface area contributed by atoms with Crippen molar-refractivity contribution in [1.82, 2.24) is 19.7 Å². The SMILES string of the molecule is CSCCOCn1nc(N)c2c1CN(C(=O)C(C)(C)CCCCCOc1cccc(Br)n1)C2. The molecule has 0 aliphatic carbocycles. The van der Waals surface area contributed by atoms with Crippen LogP contribution in [0.4, 0.5) is 5.82 Å². The molecule has 2 aromatic heterocycles. The van der Waals surface area contributed by atoms with Gasteiger partial charge in [-0.25, -0.2) is 9.67 Å². The van der Waals surface area contributed by atoms with E-state index in [9.17, 15) is 4.79 Å². The summed E-state index contributed by atoms with van der Waals surface area (Å²) in [5.41, 5.74) is 7.63. The number of carbonyl (C=O) groups excluding carboxylic acids is 1. The largest absolute Gasteiger partial charge is 0.478 e. The Kier molecular flexibility index (Phi) is 9.46. The number of nitrogen functional groups attached to an aromatic ring is 1. The van der Waals surface area contributed by atoms with Gasteiger partial charge in [-0.05, 0) is 41.1 Å². The van der Waals surface area contributed by atoms with Crippen LogP contribution in [0.3, 0.4) is 0 Å². The van der Waals surface area contributed by atoms with Crippen LogP contribution in [0, 0.1) is 5.41 Å². The van der Waals surface area contributed by atoms with Gasteiger partial charge in [0.25, 0.3) is 0 Å². The molecule has 0 atom stereocenters. The Morgan fingerprint density at radius 2 is 2.06 bits per heavy atom. The molecule has 1 aliphatic rings. The second-order valence-corrected chi connectivity index (χ2v) is 10.6. The lowest BCUT2D eigenvalue weighted by Gasteiger charge is -2.29. The van der Waals surface area contributed by atoms with Crippen molar-refractivity contribution in [2.75, 3.05) is 31.0 Å². The Balaban J connectivity index is 1.42. The topological polar surface area (TPSA) is 95.5 Å². The van der Waals surface area contributed by atoms with Gasteiger partial charge in [-0.2, -0.15) is 16.9 Å². The summed E-state index contributed by atoms with van der Waals surface area (Å²) in [4.78, 5) is 19.4. The number of nitrogens with two attached hydrogens (primary N) is 1. The van der Waals surface area contributed by atoms with E-state index in [0.29, 0.717) is 44.7 Å².